The van der Waals surface area contributed by atoms with E-state index >= 15 is 0 Å². The first kappa shape index (κ1) is 33.4. The smallest absolute Gasteiger partial charge is 0.354 e. The van der Waals surface area contributed by atoms with Gasteiger partial charge >= 0.3 is 7.60 Å². The zero-order valence-electron chi connectivity index (χ0n) is 26.7. The summed E-state index contributed by atoms with van der Waals surface area (Å²) in [5, 5.41) is 7.47. The van der Waals surface area contributed by atoms with E-state index in [1.807, 2.05) is 67.6 Å². The molecular formula is C35H37N4O7P. The minimum atomic E-state index is -3.48. The first-order valence-corrected chi connectivity index (χ1v) is 16.8. The highest BCUT2D eigenvalue weighted by molar-refractivity contribution is 7.57. The highest BCUT2D eigenvalue weighted by Crippen LogP contribution is 2.50. The Kier molecular flexibility index (Phi) is 11.1. The molecule has 47 heavy (non-hydrogen) atoms. The number of carbonyl (C=O) groups excluding carboxylic acids is 1. The van der Waals surface area contributed by atoms with Gasteiger partial charge in [-0.15, -0.1) is 5.10 Å². The number of oxazole rings is 1. The van der Waals surface area contributed by atoms with E-state index in [4.69, 9.17) is 22.9 Å². The molecule has 0 aliphatic rings. The van der Waals surface area contributed by atoms with Crippen molar-refractivity contribution >= 4 is 25.4 Å². The van der Waals surface area contributed by atoms with E-state index in [9.17, 15) is 9.36 Å². The maximum absolute atomic E-state index is 13.3. The van der Waals surface area contributed by atoms with Crippen molar-refractivity contribution in [3.8, 4) is 28.6 Å². The molecule has 11 nitrogen and oxygen atoms in total. The fourth-order valence-corrected chi connectivity index (χ4v) is 6.00. The van der Waals surface area contributed by atoms with Gasteiger partial charge in [0.25, 0.3) is 0 Å². The molecule has 0 radical (unpaired) electrons. The van der Waals surface area contributed by atoms with Gasteiger partial charge < -0.3 is 28.3 Å². The molecule has 0 aliphatic heterocycles. The summed E-state index contributed by atoms with van der Waals surface area (Å²) >= 11 is 0. The van der Waals surface area contributed by atoms with Crippen molar-refractivity contribution in [1.82, 2.24) is 14.8 Å². The number of amides is 1. The molecule has 1 amide bonds. The third-order valence-electron chi connectivity index (χ3n) is 6.95. The van der Waals surface area contributed by atoms with Gasteiger partial charge in [0, 0.05) is 23.1 Å². The Hall–Kier alpha value is -4.96. The Labute approximate surface area is 273 Å². The summed E-state index contributed by atoms with van der Waals surface area (Å²) in [5.74, 6) is 3.53. The summed E-state index contributed by atoms with van der Waals surface area (Å²) in [4.78, 5) is 17.9. The van der Waals surface area contributed by atoms with Gasteiger partial charge in [0.1, 0.15) is 18.1 Å². The van der Waals surface area contributed by atoms with Gasteiger partial charge in [-0.05, 0) is 68.8 Å². The standard InChI is InChI=1S/C35H37N4O7P/c1-5-44-47(41,45-6-2)20-19-28-23-39(29-15-11-8-12-16-29)38-34(28)37-33(40)22-26-17-18-31(32(21-26)42-4)43-24-30-25(3)46-35(36-30)27-13-9-7-10-14-27/h7-21,23H,5-6,22,24H2,1-4H3,(H,37,38,40)/b20-19+. The lowest BCUT2D eigenvalue weighted by Crippen LogP contribution is -2.15. The van der Waals surface area contributed by atoms with Crippen LogP contribution >= 0.6 is 7.60 Å². The number of nitrogens with zero attached hydrogens (tertiary/aromatic N) is 3. The van der Waals surface area contributed by atoms with Gasteiger partial charge in [0.15, 0.2) is 17.3 Å². The molecule has 1 N–H and O–H groups in total. The second kappa shape index (κ2) is 15.6. The number of nitrogens with one attached hydrogen (secondary N) is 1. The summed E-state index contributed by atoms with van der Waals surface area (Å²) in [7, 11) is -1.94. The van der Waals surface area contributed by atoms with Gasteiger partial charge in [-0.25, -0.2) is 9.67 Å². The van der Waals surface area contributed by atoms with Gasteiger partial charge in [-0.2, -0.15) is 0 Å². The number of rotatable bonds is 15. The summed E-state index contributed by atoms with van der Waals surface area (Å²) in [6, 6.07) is 24.4. The van der Waals surface area contributed by atoms with Crippen molar-refractivity contribution in [2.45, 2.75) is 33.8 Å². The normalized spacial score (nSPS) is 11.6. The Morgan fingerprint density at radius 2 is 1.68 bits per heavy atom. The molecule has 2 heterocycles. The number of methoxy groups -OCH3 is 1. The number of para-hydroxylation sites is 1. The predicted molar refractivity (Wildman–Crippen MR) is 180 cm³/mol. The Balaban J connectivity index is 1.30. The van der Waals surface area contributed by atoms with Crippen LogP contribution in [0, 0.1) is 6.92 Å². The fourth-order valence-electron chi connectivity index (χ4n) is 4.69. The van der Waals surface area contributed by atoms with Crippen LogP contribution in [-0.2, 0) is 31.4 Å². The van der Waals surface area contributed by atoms with Crippen LogP contribution in [0.25, 0.3) is 23.2 Å². The van der Waals surface area contributed by atoms with E-state index in [0.29, 0.717) is 45.8 Å². The second-order valence-electron chi connectivity index (χ2n) is 10.3. The van der Waals surface area contributed by atoms with Crippen LogP contribution in [0.5, 0.6) is 11.5 Å². The number of carbonyl (C=O) groups is 1. The molecule has 0 atom stereocenters. The van der Waals surface area contributed by atoms with Crippen LogP contribution in [0.1, 0.15) is 36.4 Å². The lowest BCUT2D eigenvalue weighted by molar-refractivity contribution is -0.115. The number of hydrogen-bond donors (Lipinski definition) is 1. The minimum absolute atomic E-state index is 0.0389. The summed E-state index contributed by atoms with van der Waals surface area (Å²) in [6.07, 6.45) is 3.36. The average Bonchev–Trinajstić information content (AvgIpc) is 3.66. The van der Waals surface area contributed by atoms with Gasteiger partial charge in [0.05, 0.1) is 32.4 Å². The molecule has 5 rings (SSSR count). The van der Waals surface area contributed by atoms with E-state index in [-0.39, 0.29) is 32.1 Å². The van der Waals surface area contributed by atoms with Crippen LogP contribution in [0.15, 0.2) is 95.3 Å². The van der Waals surface area contributed by atoms with Crippen molar-refractivity contribution < 1.29 is 32.3 Å². The molecule has 12 heteroatoms. The minimum Gasteiger partial charge on any atom is -0.493 e. The van der Waals surface area contributed by atoms with E-state index in [1.165, 1.54) is 5.82 Å². The molecule has 3 aromatic carbocycles. The van der Waals surface area contributed by atoms with E-state index < -0.39 is 7.60 Å². The lowest BCUT2D eigenvalue weighted by atomic mass is 10.1. The van der Waals surface area contributed by atoms with E-state index in [1.54, 1.807) is 56.1 Å². The molecule has 244 valence electrons. The lowest BCUT2D eigenvalue weighted by Gasteiger charge is -2.12. The molecule has 0 saturated carbocycles. The Morgan fingerprint density at radius 3 is 2.36 bits per heavy atom. The third-order valence-corrected chi connectivity index (χ3v) is 8.70. The second-order valence-corrected chi connectivity index (χ2v) is 12.2. The SMILES string of the molecule is CCOP(=O)(/C=C/c1cn(-c2ccccc2)nc1NC(=O)Cc1ccc(OCc2nc(-c3ccccc3)oc2C)c(OC)c1)OCC. The molecule has 0 spiro atoms. The Bertz CT molecular complexity index is 1860. The molecule has 0 fully saturated rings. The Morgan fingerprint density at radius 1 is 0.979 bits per heavy atom. The molecule has 0 unspecified atom stereocenters. The van der Waals surface area contributed by atoms with Crippen LogP contribution in [0.2, 0.25) is 0 Å². The summed E-state index contributed by atoms with van der Waals surface area (Å²) in [6.45, 7) is 5.95. The van der Waals surface area contributed by atoms with E-state index in [0.717, 1.165) is 11.3 Å². The maximum Gasteiger partial charge on any atom is 0.354 e. The van der Waals surface area contributed by atoms with Gasteiger partial charge in [0.2, 0.25) is 11.8 Å². The van der Waals surface area contributed by atoms with Crippen molar-refractivity contribution in [3.63, 3.8) is 0 Å². The van der Waals surface area contributed by atoms with Crippen molar-refractivity contribution in [2.24, 2.45) is 0 Å². The first-order chi connectivity index (χ1) is 22.8. The molecule has 0 aliphatic carbocycles. The number of benzene rings is 3. The van der Waals surface area contributed by atoms with Gasteiger partial charge in [-0.3, -0.25) is 9.36 Å². The molecule has 2 aromatic heterocycles. The monoisotopic (exact) mass is 656 g/mol. The highest BCUT2D eigenvalue weighted by Gasteiger charge is 2.21. The molecular weight excluding hydrogens is 619 g/mol. The number of aryl methyl sites for hydroxylation is 1. The average molecular weight is 657 g/mol. The van der Waals surface area contributed by atoms with Crippen molar-refractivity contribution in [1.29, 1.82) is 0 Å². The maximum atomic E-state index is 13.3. The first-order valence-electron chi connectivity index (χ1n) is 15.1. The predicted octanol–water partition coefficient (Wildman–Crippen LogP) is 7.84. The zero-order chi connectivity index (χ0) is 33.2. The molecule has 5 aromatic rings. The molecule has 0 saturated heterocycles. The molecule has 0 bridgehead atoms. The number of hydrogen-bond acceptors (Lipinski definition) is 9. The van der Waals surface area contributed by atoms with Crippen LogP contribution in [-0.4, -0.2) is 41.0 Å². The fraction of sp³-hybridized carbons (Fsp3) is 0.229. The highest BCUT2D eigenvalue weighted by atomic mass is 31.2. The number of ether oxygens (including phenoxy) is 2. The quantitative estimate of drug-likeness (QED) is 0.112. The van der Waals surface area contributed by atoms with Gasteiger partial charge in [-0.1, -0.05) is 42.5 Å². The third kappa shape index (κ3) is 8.65. The number of anilines is 1. The summed E-state index contributed by atoms with van der Waals surface area (Å²) < 4.78 is 42.9. The van der Waals surface area contributed by atoms with Crippen molar-refractivity contribution in [3.05, 3.63) is 113 Å². The van der Waals surface area contributed by atoms with E-state index in [2.05, 4.69) is 15.4 Å². The van der Waals surface area contributed by atoms with Crippen LogP contribution in [0.4, 0.5) is 5.82 Å². The van der Waals surface area contributed by atoms with Crippen LogP contribution in [0.3, 0.4) is 0 Å². The zero-order valence-corrected chi connectivity index (χ0v) is 27.6. The topological polar surface area (TPSA) is 127 Å². The van der Waals surface area contributed by atoms with Crippen molar-refractivity contribution in [2.75, 3.05) is 25.6 Å². The number of aromatic nitrogens is 3. The van der Waals surface area contributed by atoms with Crippen LogP contribution < -0.4 is 14.8 Å². The summed E-state index contributed by atoms with van der Waals surface area (Å²) in [5.41, 5.74) is 3.58. The largest absolute Gasteiger partial charge is 0.493 e.